The molecule has 1 aromatic heterocycles. The highest BCUT2D eigenvalue weighted by atomic mass is 16.5. The van der Waals surface area contributed by atoms with E-state index in [0.717, 1.165) is 73.3 Å². The number of nitrogens with zero attached hydrogens (tertiary/aromatic N) is 2. The van der Waals surface area contributed by atoms with E-state index in [1.807, 2.05) is 37.3 Å². The highest BCUT2D eigenvalue weighted by molar-refractivity contribution is 5.95. The first-order valence-electron chi connectivity index (χ1n) is 14.1. The van der Waals surface area contributed by atoms with Crippen molar-refractivity contribution in [3.05, 3.63) is 95.3 Å². The second-order valence-corrected chi connectivity index (χ2v) is 10.1. The Morgan fingerprint density at radius 1 is 0.947 bits per heavy atom. The van der Waals surface area contributed by atoms with Crippen LogP contribution >= 0.6 is 0 Å². The zero-order chi connectivity index (χ0) is 26.7. The lowest BCUT2D eigenvalue weighted by Crippen LogP contribution is -2.25. The Kier molecular flexibility index (Phi) is 9.97. The maximum atomic E-state index is 12.4. The fourth-order valence-corrected chi connectivity index (χ4v) is 4.82. The van der Waals surface area contributed by atoms with E-state index in [1.54, 1.807) is 0 Å². The molecule has 1 unspecified atom stereocenters. The van der Waals surface area contributed by atoms with Crippen LogP contribution in [0.3, 0.4) is 0 Å². The van der Waals surface area contributed by atoms with Crippen molar-refractivity contribution in [1.82, 2.24) is 14.9 Å². The van der Waals surface area contributed by atoms with E-state index in [9.17, 15) is 4.79 Å². The van der Waals surface area contributed by atoms with Crippen LogP contribution in [0.1, 0.15) is 79.2 Å². The lowest BCUT2D eigenvalue weighted by molar-refractivity contribution is 0.0952. The molecule has 0 bridgehead atoms. The molecule has 0 saturated heterocycles. The summed E-state index contributed by atoms with van der Waals surface area (Å²) < 4.78 is 8.39. The fraction of sp³-hybridized carbons (Fsp3) is 0.394. The maximum Gasteiger partial charge on any atom is 0.251 e. The number of hydrogen-bond acceptors (Lipinski definition) is 3. The molecule has 0 saturated carbocycles. The Labute approximate surface area is 227 Å². The summed E-state index contributed by atoms with van der Waals surface area (Å²) in [6.45, 7) is 8.70. The molecule has 0 aliphatic heterocycles. The van der Waals surface area contributed by atoms with Crippen molar-refractivity contribution in [2.75, 3.05) is 13.2 Å². The zero-order valence-electron chi connectivity index (χ0n) is 23.1. The number of unbranched alkanes of at least 4 members (excludes halogenated alkanes) is 2. The van der Waals surface area contributed by atoms with Crippen molar-refractivity contribution < 1.29 is 9.53 Å². The number of imidazole rings is 1. The van der Waals surface area contributed by atoms with Gasteiger partial charge in [-0.2, -0.15) is 0 Å². The third-order valence-corrected chi connectivity index (χ3v) is 7.34. The molecule has 3 aromatic carbocycles. The van der Waals surface area contributed by atoms with Crippen molar-refractivity contribution in [2.45, 2.75) is 71.8 Å². The highest BCUT2D eigenvalue weighted by Gasteiger charge is 2.11. The van der Waals surface area contributed by atoms with Gasteiger partial charge in [-0.1, -0.05) is 62.7 Å². The van der Waals surface area contributed by atoms with Gasteiger partial charge in [0.2, 0.25) is 0 Å². The van der Waals surface area contributed by atoms with E-state index in [0.29, 0.717) is 19.1 Å². The van der Waals surface area contributed by atoms with Gasteiger partial charge in [-0.25, -0.2) is 4.98 Å². The van der Waals surface area contributed by atoms with Gasteiger partial charge in [0.05, 0.1) is 17.6 Å². The number of nitrogens with one attached hydrogen (secondary N) is 1. The van der Waals surface area contributed by atoms with Crippen LogP contribution in [-0.4, -0.2) is 28.6 Å². The molecular formula is C33H41N3O2. The van der Waals surface area contributed by atoms with Crippen LogP contribution in [-0.2, 0) is 13.0 Å². The average molecular weight is 512 g/mol. The topological polar surface area (TPSA) is 56.1 Å². The van der Waals surface area contributed by atoms with E-state index in [-0.39, 0.29) is 5.91 Å². The Bertz CT molecular complexity index is 1310. The summed E-state index contributed by atoms with van der Waals surface area (Å²) in [5, 5.41) is 3.06. The minimum absolute atomic E-state index is 0.0126. The zero-order valence-corrected chi connectivity index (χ0v) is 23.1. The number of ether oxygens (including phenoxy) is 1. The molecule has 0 aliphatic carbocycles. The lowest BCUT2D eigenvalue weighted by atomic mass is 9.99. The van der Waals surface area contributed by atoms with Gasteiger partial charge in [-0.15, -0.1) is 0 Å². The minimum Gasteiger partial charge on any atom is -0.494 e. The molecule has 0 spiro atoms. The Balaban J connectivity index is 1.24. The van der Waals surface area contributed by atoms with Crippen molar-refractivity contribution in [1.29, 1.82) is 0 Å². The summed E-state index contributed by atoms with van der Waals surface area (Å²) in [4.78, 5) is 17.3. The largest absolute Gasteiger partial charge is 0.494 e. The number of carbonyl (C=O) groups excluding carboxylic acids is 1. The van der Waals surface area contributed by atoms with Crippen LogP contribution in [0.5, 0.6) is 5.75 Å². The second kappa shape index (κ2) is 13.8. The van der Waals surface area contributed by atoms with E-state index >= 15 is 0 Å². The van der Waals surface area contributed by atoms with Gasteiger partial charge in [-0.05, 0) is 80.0 Å². The summed E-state index contributed by atoms with van der Waals surface area (Å²) in [7, 11) is 0. The average Bonchev–Trinajstić information content (AvgIpc) is 3.30. The molecular weight excluding hydrogens is 470 g/mol. The van der Waals surface area contributed by atoms with Crippen LogP contribution in [0.15, 0.2) is 72.8 Å². The smallest absolute Gasteiger partial charge is 0.251 e. The summed E-state index contributed by atoms with van der Waals surface area (Å²) >= 11 is 0. The Morgan fingerprint density at radius 2 is 1.71 bits per heavy atom. The molecule has 1 heterocycles. The van der Waals surface area contributed by atoms with Gasteiger partial charge < -0.3 is 14.6 Å². The number of hydrogen-bond donors (Lipinski definition) is 1. The normalized spacial score (nSPS) is 12.0. The Hall–Kier alpha value is -3.60. The van der Waals surface area contributed by atoms with Gasteiger partial charge in [0, 0.05) is 25.1 Å². The molecule has 1 amide bonds. The van der Waals surface area contributed by atoms with E-state index in [4.69, 9.17) is 9.72 Å². The van der Waals surface area contributed by atoms with Gasteiger partial charge in [0.15, 0.2) is 0 Å². The molecule has 200 valence electrons. The second-order valence-electron chi connectivity index (χ2n) is 10.1. The molecule has 0 aliphatic rings. The number of amides is 1. The van der Waals surface area contributed by atoms with Crippen LogP contribution in [0.2, 0.25) is 0 Å². The van der Waals surface area contributed by atoms with Crippen LogP contribution in [0.25, 0.3) is 11.0 Å². The summed E-state index contributed by atoms with van der Waals surface area (Å²) in [5.41, 5.74) is 5.37. The Morgan fingerprint density at radius 3 is 2.50 bits per heavy atom. The van der Waals surface area contributed by atoms with E-state index in [2.05, 4.69) is 66.2 Å². The number of para-hydroxylation sites is 2. The lowest BCUT2D eigenvalue weighted by Gasteiger charge is -2.12. The predicted octanol–water partition coefficient (Wildman–Crippen LogP) is 7.47. The van der Waals surface area contributed by atoms with Crippen molar-refractivity contribution in [2.24, 2.45) is 0 Å². The first-order chi connectivity index (χ1) is 18.6. The number of fused-ring (bicyclic) bond motifs is 1. The van der Waals surface area contributed by atoms with Crippen molar-refractivity contribution in [3.8, 4) is 5.75 Å². The molecule has 5 nitrogen and oxygen atoms in total. The SMILES string of the molecule is CCC(C)c1ccc(OCCCn2c(CCCCCNC(=O)c3ccccc3C)nc3ccccc32)cc1. The summed E-state index contributed by atoms with van der Waals surface area (Å²) in [6, 6.07) is 24.6. The highest BCUT2D eigenvalue weighted by Crippen LogP contribution is 2.22. The number of rotatable bonds is 14. The number of carbonyl (C=O) groups is 1. The van der Waals surface area contributed by atoms with Gasteiger partial charge >= 0.3 is 0 Å². The number of aromatic nitrogens is 2. The first kappa shape index (κ1) is 27.4. The molecule has 0 radical (unpaired) electrons. The summed E-state index contributed by atoms with van der Waals surface area (Å²) in [6.07, 6.45) is 6.05. The molecule has 4 rings (SSSR count). The molecule has 5 heteroatoms. The van der Waals surface area contributed by atoms with Crippen LogP contribution in [0, 0.1) is 6.92 Å². The van der Waals surface area contributed by atoms with Crippen molar-refractivity contribution >= 4 is 16.9 Å². The third-order valence-electron chi connectivity index (χ3n) is 7.34. The van der Waals surface area contributed by atoms with Crippen LogP contribution in [0.4, 0.5) is 0 Å². The monoisotopic (exact) mass is 511 g/mol. The van der Waals surface area contributed by atoms with Gasteiger partial charge in [0.1, 0.15) is 11.6 Å². The quantitative estimate of drug-likeness (QED) is 0.179. The molecule has 0 fully saturated rings. The minimum atomic E-state index is 0.0126. The maximum absolute atomic E-state index is 12.4. The molecule has 1 atom stereocenters. The van der Waals surface area contributed by atoms with E-state index in [1.165, 1.54) is 11.1 Å². The molecule has 1 N–H and O–H groups in total. The third kappa shape index (κ3) is 7.25. The molecule has 38 heavy (non-hydrogen) atoms. The summed E-state index contributed by atoms with van der Waals surface area (Å²) in [5.74, 6) is 2.66. The van der Waals surface area contributed by atoms with E-state index < -0.39 is 0 Å². The predicted molar refractivity (Wildman–Crippen MR) is 156 cm³/mol. The first-order valence-corrected chi connectivity index (χ1v) is 14.1. The van der Waals surface area contributed by atoms with Crippen LogP contribution < -0.4 is 10.1 Å². The number of benzene rings is 3. The fourth-order valence-electron chi connectivity index (χ4n) is 4.82. The van der Waals surface area contributed by atoms with Gasteiger partial charge in [0.25, 0.3) is 5.91 Å². The van der Waals surface area contributed by atoms with Gasteiger partial charge in [-0.3, -0.25) is 4.79 Å². The number of aryl methyl sites for hydroxylation is 3. The van der Waals surface area contributed by atoms with Crippen molar-refractivity contribution in [3.63, 3.8) is 0 Å². The standard InChI is InChI=1S/C33H41N3O2/c1-4-25(2)27-18-20-28(21-19-27)38-24-12-23-36-31-16-10-9-15-30(31)35-32(36)17-6-5-11-22-34-33(37)29-14-8-7-13-26(29)3/h7-10,13-16,18-21,25H,4-6,11-12,17,22-24H2,1-3H3,(H,34,37). The molecule has 4 aromatic rings.